The monoisotopic (exact) mass is 471 g/mol. The molecule has 0 amide bonds. The molecule has 4 rings (SSSR count). The Kier molecular flexibility index (Phi) is 7.40. The van der Waals surface area contributed by atoms with E-state index in [1.807, 2.05) is 18.2 Å². The Hall–Kier alpha value is -1.66. The van der Waals surface area contributed by atoms with Gasteiger partial charge in [-0.25, -0.2) is 0 Å². The first kappa shape index (κ1) is 23.0. The van der Waals surface area contributed by atoms with Crippen molar-refractivity contribution in [2.24, 2.45) is 0 Å². The van der Waals surface area contributed by atoms with E-state index in [9.17, 15) is 4.79 Å². The van der Waals surface area contributed by atoms with Crippen LogP contribution < -0.4 is 9.47 Å². The van der Waals surface area contributed by atoms with E-state index in [0.29, 0.717) is 29.8 Å². The highest BCUT2D eigenvalue weighted by Crippen LogP contribution is 2.47. The number of likely N-dealkylation sites (tertiary alicyclic amines) is 1. The Balaban J connectivity index is 0.00000256. The number of hydrogen-bond acceptors (Lipinski definition) is 4. The lowest BCUT2D eigenvalue weighted by Crippen LogP contribution is -2.44. The molecule has 30 heavy (non-hydrogen) atoms. The number of nitrogens with zero attached hydrogens (tertiary/aromatic N) is 1. The Labute approximate surface area is 192 Å². The number of fused-ring (bicyclic) bond motifs is 2. The minimum atomic E-state index is -0.750. The maximum Gasteiger partial charge on any atom is 0.304 e. The number of carboxylic acid groups (broad SMARTS) is 1. The van der Waals surface area contributed by atoms with Crippen molar-refractivity contribution in [2.75, 3.05) is 26.2 Å². The molecule has 5 nitrogen and oxygen atoms in total. The lowest BCUT2D eigenvalue weighted by Gasteiger charge is -2.38. The summed E-state index contributed by atoms with van der Waals surface area (Å²) < 4.78 is 12.0. The van der Waals surface area contributed by atoms with Crippen LogP contribution in [0.1, 0.15) is 30.4 Å². The third kappa shape index (κ3) is 4.80. The highest BCUT2D eigenvalue weighted by Gasteiger charge is 2.43. The number of carbonyl (C=O) groups is 1. The Bertz CT molecular complexity index is 893. The number of rotatable bonds is 6. The van der Waals surface area contributed by atoms with Crippen molar-refractivity contribution in [1.82, 2.24) is 4.90 Å². The van der Waals surface area contributed by atoms with Gasteiger partial charge in [0.25, 0.3) is 0 Å². The molecule has 162 valence electrons. The highest BCUT2D eigenvalue weighted by molar-refractivity contribution is 6.35. The van der Waals surface area contributed by atoms with Crippen LogP contribution in [0.25, 0.3) is 0 Å². The van der Waals surface area contributed by atoms with Crippen molar-refractivity contribution in [3.63, 3.8) is 0 Å². The predicted molar refractivity (Wildman–Crippen MR) is 120 cm³/mol. The second-order valence-corrected chi connectivity index (χ2v) is 8.52. The molecule has 0 bridgehead atoms. The second-order valence-electron chi connectivity index (χ2n) is 7.70. The van der Waals surface area contributed by atoms with Gasteiger partial charge in [0.1, 0.15) is 18.1 Å². The van der Waals surface area contributed by atoms with Gasteiger partial charge >= 0.3 is 5.97 Å². The fourth-order valence-corrected chi connectivity index (χ4v) is 4.64. The van der Waals surface area contributed by atoms with Crippen LogP contribution in [0.5, 0.6) is 11.5 Å². The third-order valence-electron chi connectivity index (χ3n) is 5.93. The zero-order valence-electron chi connectivity index (χ0n) is 16.4. The van der Waals surface area contributed by atoms with Crippen molar-refractivity contribution in [3.05, 3.63) is 57.6 Å². The first-order valence-corrected chi connectivity index (χ1v) is 10.5. The van der Waals surface area contributed by atoms with Gasteiger partial charge in [-0.1, -0.05) is 29.3 Å². The smallest absolute Gasteiger partial charge is 0.304 e. The number of piperidine rings is 1. The van der Waals surface area contributed by atoms with Crippen LogP contribution in [-0.2, 0) is 16.8 Å². The predicted octanol–water partition coefficient (Wildman–Crippen LogP) is 5.19. The zero-order chi connectivity index (χ0) is 20.4. The Morgan fingerprint density at radius 1 is 1.17 bits per heavy atom. The molecule has 2 aliphatic heterocycles. The molecule has 1 N–H and O–H groups in total. The summed E-state index contributed by atoms with van der Waals surface area (Å²) in [6.45, 7) is 3.30. The summed E-state index contributed by atoms with van der Waals surface area (Å²) in [5.74, 6) is 0.922. The zero-order valence-corrected chi connectivity index (χ0v) is 18.7. The Morgan fingerprint density at radius 3 is 2.53 bits per heavy atom. The van der Waals surface area contributed by atoms with Gasteiger partial charge in [-0.15, -0.1) is 12.4 Å². The largest absolute Gasteiger partial charge is 0.492 e. The summed E-state index contributed by atoms with van der Waals surface area (Å²) in [5, 5.41) is 10.1. The first-order valence-electron chi connectivity index (χ1n) is 9.74. The molecule has 0 atom stereocenters. The molecule has 0 unspecified atom stereocenters. The number of aliphatic carboxylic acids is 1. The molecular weight excluding hydrogens is 449 g/mol. The standard InChI is InChI=1S/C22H23Cl2NO4.ClH/c23-18-2-1-3-19(24)16(18)13-28-15-4-5-20-17(12-15)22(14-29-20)7-10-25(11-8-22)9-6-21(26)27;/h1-5,12H,6-11,13-14H2,(H,26,27);1H. The van der Waals surface area contributed by atoms with Gasteiger partial charge in [-0.05, 0) is 56.3 Å². The molecular formula is C22H24Cl3NO4. The summed E-state index contributed by atoms with van der Waals surface area (Å²) in [6, 6.07) is 11.4. The minimum absolute atomic E-state index is 0. The summed E-state index contributed by atoms with van der Waals surface area (Å²) in [6.07, 6.45) is 2.07. The molecule has 2 heterocycles. The fraction of sp³-hybridized carbons (Fsp3) is 0.409. The van der Waals surface area contributed by atoms with E-state index in [1.165, 1.54) is 5.56 Å². The summed E-state index contributed by atoms with van der Waals surface area (Å²) in [5.41, 5.74) is 1.92. The van der Waals surface area contributed by atoms with Crippen molar-refractivity contribution in [2.45, 2.75) is 31.3 Å². The normalized spacial score (nSPS) is 17.1. The number of ether oxygens (including phenoxy) is 2. The fourth-order valence-electron chi connectivity index (χ4n) is 4.13. The summed E-state index contributed by atoms with van der Waals surface area (Å²) >= 11 is 12.5. The van der Waals surface area contributed by atoms with Crippen molar-refractivity contribution >= 4 is 41.6 Å². The van der Waals surface area contributed by atoms with Crippen LogP contribution in [0.15, 0.2) is 36.4 Å². The third-order valence-corrected chi connectivity index (χ3v) is 6.63. The van der Waals surface area contributed by atoms with Crippen LogP contribution in [-0.4, -0.2) is 42.2 Å². The van der Waals surface area contributed by atoms with Crippen molar-refractivity contribution in [1.29, 1.82) is 0 Å². The van der Waals surface area contributed by atoms with Crippen LogP contribution in [0, 0.1) is 0 Å². The van der Waals surface area contributed by atoms with Gasteiger partial charge in [0.05, 0.1) is 13.0 Å². The van der Waals surface area contributed by atoms with Crippen molar-refractivity contribution in [3.8, 4) is 11.5 Å². The van der Waals surface area contributed by atoms with Gasteiger partial charge in [-0.2, -0.15) is 0 Å². The Morgan fingerprint density at radius 2 is 1.87 bits per heavy atom. The molecule has 0 radical (unpaired) electrons. The maximum absolute atomic E-state index is 10.8. The average molecular weight is 473 g/mol. The molecule has 1 saturated heterocycles. The van der Waals surface area contributed by atoms with Crippen molar-refractivity contribution < 1.29 is 19.4 Å². The maximum atomic E-state index is 10.8. The van der Waals surface area contributed by atoms with Gasteiger partial charge < -0.3 is 19.5 Å². The SMILES string of the molecule is Cl.O=C(O)CCN1CCC2(CC1)COc1ccc(OCc3c(Cl)cccc3Cl)cc12. The molecule has 1 spiro atoms. The topological polar surface area (TPSA) is 59.0 Å². The van der Waals surface area contributed by atoms with Crippen LogP contribution in [0.4, 0.5) is 0 Å². The van der Waals surface area contributed by atoms with E-state index < -0.39 is 5.97 Å². The van der Waals surface area contributed by atoms with Gasteiger partial charge in [0, 0.05) is 33.1 Å². The molecule has 1 fully saturated rings. The van der Waals surface area contributed by atoms with Crippen LogP contribution in [0.2, 0.25) is 10.0 Å². The molecule has 2 aliphatic rings. The molecule has 0 aliphatic carbocycles. The van der Waals surface area contributed by atoms with Gasteiger partial charge in [0.2, 0.25) is 0 Å². The highest BCUT2D eigenvalue weighted by atomic mass is 35.5. The molecule has 2 aromatic carbocycles. The number of carboxylic acids is 1. The van der Waals surface area contributed by atoms with Gasteiger partial charge in [0.15, 0.2) is 0 Å². The van der Waals surface area contributed by atoms with Gasteiger partial charge in [-0.3, -0.25) is 4.79 Å². The summed E-state index contributed by atoms with van der Waals surface area (Å²) in [4.78, 5) is 13.0. The molecule has 0 aromatic heterocycles. The van der Waals surface area contributed by atoms with E-state index in [2.05, 4.69) is 11.0 Å². The summed E-state index contributed by atoms with van der Waals surface area (Å²) in [7, 11) is 0. The first-order chi connectivity index (χ1) is 14.0. The second kappa shape index (κ2) is 9.65. The average Bonchev–Trinajstić information content (AvgIpc) is 3.05. The number of benzene rings is 2. The quantitative estimate of drug-likeness (QED) is 0.626. The van der Waals surface area contributed by atoms with Crippen LogP contribution in [0.3, 0.4) is 0 Å². The number of halogens is 3. The molecule has 0 saturated carbocycles. The molecule has 2 aromatic rings. The minimum Gasteiger partial charge on any atom is -0.492 e. The van der Waals surface area contributed by atoms with E-state index in [1.54, 1.807) is 12.1 Å². The van der Waals surface area contributed by atoms with E-state index in [-0.39, 0.29) is 24.2 Å². The molecule has 8 heteroatoms. The van der Waals surface area contributed by atoms with E-state index >= 15 is 0 Å². The van der Waals surface area contributed by atoms with Crippen LogP contribution >= 0.6 is 35.6 Å². The lowest BCUT2D eigenvalue weighted by molar-refractivity contribution is -0.137. The number of hydrogen-bond donors (Lipinski definition) is 1. The van der Waals surface area contributed by atoms with E-state index in [4.69, 9.17) is 37.8 Å². The van der Waals surface area contributed by atoms with E-state index in [0.717, 1.165) is 43.0 Å². The lowest BCUT2D eigenvalue weighted by atomic mass is 9.74.